The summed E-state index contributed by atoms with van der Waals surface area (Å²) < 4.78 is 27.0. The maximum absolute atomic E-state index is 12.3. The molecule has 1 fully saturated rings. The van der Waals surface area contributed by atoms with Crippen LogP contribution in [0.3, 0.4) is 0 Å². The third-order valence-electron chi connectivity index (χ3n) is 4.72. The molecule has 0 aromatic heterocycles. The Balaban J connectivity index is 1.84. The molecule has 0 atom stereocenters. The molecule has 0 saturated carbocycles. The fourth-order valence-electron chi connectivity index (χ4n) is 2.92. The molecule has 146 valence electrons. The number of amides is 1. The lowest BCUT2D eigenvalue weighted by Gasteiger charge is -2.34. The number of aryl methyl sites for hydroxylation is 1. The molecule has 1 saturated heterocycles. The van der Waals surface area contributed by atoms with Gasteiger partial charge in [-0.05, 0) is 36.6 Å². The van der Waals surface area contributed by atoms with Crippen LogP contribution in [-0.4, -0.2) is 63.4 Å². The minimum atomic E-state index is -3.46. The molecule has 26 heavy (non-hydrogen) atoms. The summed E-state index contributed by atoms with van der Waals surface area (Å²) in [7, 11) is -3.46. The second kappa shape index (κ2) is 9.48. The number of carbonyl (C=O) groups is 1. The van der Waals surface area contributed by atoms with E-state index in [1.165, 1.54) is 0 Å². The van der Waals surface area contributed by atoms with Gasteiger partial charge in [0.05, 0.1) is 4.90 Å². The first-order chi connectivity index (χ1) is 12.3. The van der Waals surface area contributed by atoms with Gasteiger partial charge in [-0.3, -0.25) is 4.79 Å². The minimum Gasteiger partial charge on any atom is -0.340 e. The van der Waals surface area contributed by atoms with E-state index in [9.17, 15) is 13.2 Å². The smallest absolute Gasteiger partial charge is 0.240 e. The van der Waals surface area contributed by atoms with E-state index in [4.69, 9.17) is 0 Å². The molecular formula is C19H31N3O3S. The molecule has 2 rings (SSSR count). The van der Waals surface area contributed by atoms with Crippen molar-refractivity contribution < 1.29 is 13.2 Å². The third kappa shape index (κ3) is 6.07. The van der Waals surface area contributed by atoms with E-state index in [-0.39, 0.29) is 16.7 Å². The Hall–Kier alpha value is -1.44. The lowest BCUT2D eigenvalue weighted by molar-refractivity contribution is -0.132. The van der Waals surface area contributed by atoms with Crippen LogP contribution in [0.4, 0.5) is 0 Å². The standard InChI is InChI=1S/C19H31N3O3S/c1-4-21-11-13-22(14-12-21)19(23)10-7-17-5-8-18(9-6-17)26(24,25)20-15-16(2)3/h5-6,8-9,16,20H,4,7,10-15H2,1-3H3. The van der Waals surface area contributed by atoms with E-state index >= 15 is 0 Å². The highest BCUT2D eigenvalue weighted by Crippen LogP contribution is 2.13. The van der Waals surface area contributed by atoms with Crippen LogP contribution in [0.25, 0.3) is 0 Å². The Morgan fingerprint density at radius 2 is 1.73 bits per heavy atom. The number of nitrogens with zero attached hydrogens (tertiary/aromatic N) is 2. The van der Waals surface area contributed by atoms with Gasteiger partial charge in [0.25, 0.3) is 0 Å². The van der Waals surface area contributed by atoms with Crippen molar-refractivity contribution in [3.8, 4) is 0 Å². The molecule has 0 aliphatic carbocycles. The summed E-state index contributed by atoms with van der Waals surface area (Å²) in [6.07, 6.45) is 1.09. The van der Waals surface area contributed by atoms with Gasteiger partial charge in [-0.15, -0.1) is 0 Å². The SMILES string of the molecule is CCN1CCN(C(=O)CCc2ccc(S(=O)(=O)NCC(C)C)cc2)CC1. The summed E-state index contributed by atoms with van der Waals surface area (Å²) in [6, 6.07) is 6.82. The zero-order valence-electron chi connectivity index (χ0n) is 16.1. The van der Waals surface area contributed by atoms with Gasteiger partial charge in [-0.25, -0.2) is 13.1 Å². The normalized spacial score (nSPS) is 16.2. The monoisotopic (exact) mass is 381 g/mol. The van der Waals surface area contributed by atoms with Gasteiger partial charge >= 0.3 is 0 Å². The number of benzene rings is 1. The molecule has 0 radical (unpaired) electrons. The summed E-state index contributed by atoms with van der Waals surface area (Å²) in [5.41, 5.74) is 0.980. The Kier molecular flexibility index (Phi) is 7.61. The zero-order chi connectivity index (χ0) is 19.2. The van der Waals surface area contributed by atoms with E-state index in [0.717, 1.165) is 38.3 Å². The maximum Gasteiger partial charge on any atom is 0.240 e. The molecule has 6 nitrogen and oxygen atoms in total. The number of sulfonamides is 1. The fraction of sp³-hybridized carbons (Fsp3) is 0.632. The van der Waals surface area contributed by atoms with Crippen molar-refractivity contribution in [2.45, 2.75) is 38.5 Å². The van der Waals surface area contributed by atoms with Crippen molar-refractivity contribution in [3.05, 3.63) is 29.8 Å². The van der Waals surface area contributed by atoms with Crippen LogP contribution in [0.1, 0.15) is 32.8 Å². The minimum absolute atomic E-state index is 0.177. The molecule has 7 heteroatoms. The van der Waals surface area contributed by atoms with Crippen molar-refractivity contribution in [1.82, 2.24) is 14.5 Å². The van der Waals surface area contributed by atoms with Crippen molar-refractivity contribution in [1.29, 1.82) is 0 Å². The topological polar surface area (TPSA) is 69.7 Å². The van der Waals surface area contributed by atoms with Crippen LogP contribution >= 0.6 is 0 Å². The van der Waals surface area contributed by atoms with Gasteiger partial charge in [0, 0.05) is 39.1 Å². The van der Waals surface area contributed by atoms with Crippen molar-refractivity contribution in [3.63, 3.8) is 0 Å². The van der Waals surface area contributed by atoms with Crippen LogP contribution in [-0.2, 0) is 21.2 Å². The van der Waals surface area contributed by atoms with Crippen LogP contribution < -0.4 is 4.72 Å². The van der Waals surface area contributed by atoms with Crippen molar-refractivity contribution >= 4 is 15.9 Å². The first-order valence-electron chi connectivity index (χ1n) is 9.40. The van der Waals surface area contributed by atoms with E-state index in [1.807, 2.05) is 18.7 Å². The molecule has 1 N–H and O–H groups in total. The molecule has 1 heterocycles. The Labute approximate surface area is 157 Å². The van der Waals surface area contributed by atoms with Gasteiger partial charge in [-0.2, -0.15) is 0 Å². The lowest BCUT2D eigenvalue weighted by Crippen LogP contribution is -2.48. The second-order valence-corrected chi connectivity index (χ2v) is 8.97. The summed E-state index contributed by atoms with van der Waals surface area (Å²) in [4.78, 5) is 16.9. The predicted octanol–water partition coefficient (Wildman–Crippen LogP) is 1.72. The van der Waals surface area contributed by atoms with Crippen LogP contribution in [0, 0.1) is 5.92 Å². The third-order valence-corrected chi connectivity index (χ3v) is 6.15. The number of rotatable bonds is 8. The van der Waals surface area contributed by atoms with Gasteiger partial charge < -0.3 is 9.80 Å². The highest BCUT2D eigenvalue weighted by Gasteiger charge is 2.20. The number of hydrogen-bond donors (Lipinski definition) is 1. The summed E-state index contributed by atoms with van der Waals surface area (Å²) in [5, 5.41) is 0. The average molecular weight is 382 g/mol. The molecule has 0 spiro atoms. The van der Waals surface area contributed by atoms with E-state index in [2.05, 4.69) is 16.5 Å². The number of carbonyl (C=O) groups excluding carboxylic acids is 1. The van der Waals surface area contributed by atoms with Crippen LogP contribution in [0.5, 0.6) is 0 Å². The van der Waals surface area contributed by atoms with E-state index < -0.39 is 10.0 Å². The molecule has 0 unspecified atom stereocenters. The Morgan fingerprint density at radius 1 is 1.12 bits per heavy atom. The highest BCUT2D eigenvalue weighted by molar-refractivity contribution is 7.89. The number of piperazine rings is 1. The number of likely N-dealkylation sites (N-methyl/N-ethyl adjacent to an activating group) is 1. The summed E-state index contributed by atoms with van der Waals surface area (Å²) in [5.74, 6) is 0.435. The van der Waals surface area contributed by atoms with Crippen LogP contribution in [0.15, 0.2) is 29.2 Å². The molecule has 1 aromatic rings. The predicted molar refractivity (Wildman–Crippen MR) is 103 cm³/mol. The lowest BCUT2D eigenvalue weighted by atomic mass is 10.1. The van der Waals surface area contributed by atoms with Gasteiger partial charge in [-0.1, -0.05) is 32.9 Å². The first kappa shape index (κ1) is 20.9. The fourth-order valence-corrected chi connectivity index (χ4v) is 4.13. The molecule has 0 bridgehead atoms. The summed E-state index contributed by atoms with van der Waals surface area (Å²) >= 11 is 0. The second-order valence-electron chi connectivity index (χ2n) is 7.20. The Bertz CT molecular complexity index is 678. The highest BCUT2D eigenvalue weighted by atomic mass is 32.2. The molecule has 1 aromatic carbocycles. The van der Waals surface area contributed by atoms with Crippen molar-refractivity contribution in [2.75, 3.05) is 39.3 Å². The van der Waals surface area contributed by atoms with E-state index in [0.29, 0.717) is 19.4 Å². The summed E-state index contributed by atoms with van der Waals surface area (Å²) in [6.45, 7) is 11.0. The maximum atomic E-state index is 12.3. The van der Waals surface area contributed by atoms with Crippen molar-refractivity contribution in [2.24, 2.45) is 5.92 Å². The molecule has 1 aliphatic rings. The quantitative estimate of drug-likeness (QED) is 0.744. The van der Waals surface area contributed by atoms with Gasteiger partial charge in [0.15, 0.2) is 0 Å². The van der Waals surface area contributed by atoms with Gasteiger partial charge in [0.2, 0.25) is 15.9 Å². The van der Waals surface area contributed by atoms with Gasteiger partial charge in [0.1, 0.15) is 0 Å². The zero-order valence-corrected chi connectivity index (χ0v) is 16.9. The van der Waals surface area contributed by atoms with Crippen LogP contribution in [0.2, 0.25) is 0 Å². The average Bonchev–Trinajstić information content (AvgIpc) is 2.65. The largest absolute Gasteiger partial charge is 0.340 e. The first-order valence-corrected chi connectivity index (χ1v) is 10.9. The molecular weight excluding hydrogens is 350 g/mol. The molecule has 1 amide bonds. The van der Waals surface area contributed by atoms with E-state index in [1.54, 1.807) is 24.3 Å². The number of hydrogen-bond acceptors (Lipinski definition) is 4. The Morgan fingerprint density at radius 3 is 2.27 bits per heavy atom. The molecule has 1 aliphatic heterocycles. The number of nitrogens with one attached hydrogen (secondary N) is 1.